The number of amides is 2. The van der Waals surface area contributed by atoms with Crippen LogP contribution in [0.5, 0.6) is 11.5 Å². The Morgan fingerprint density at radius 1 is 1.11 bits per heavy atom. The van der Waals surface area contributed by atoms with Crippen molar-refractivity contribution in [1.29, 1.82) is 0 Å². The molecule has 2 unspecified atom stereocenters. The summed E-state index contributed by atoms with van der Waals surface area (Å²) < 4.78 is 16.9. The molecule has 1 heterocycles. The van der Waals surface area contributed by atoms with Gasteiger partial charge in [0.25, 0.3) is 5.91 Å². The molecule has 0 saturated carbocycles. The Kier molecular flexibility index (Phi) is 8.81. The number of anilines is 1. The van der Waals surface area contributed by atoms with Gasteiger partial charge in [0, 0.05) is 25.7 Å². The molecule has 3 aromatic carbocycles. The maximum Gasteiger partial charge on any atom is 0.404 e. The molecule has 9 nitrogen and oxygen atoms in total. The van der Waals surface area contributed by atoms with Gasteiger partial charge in [-0.15, -0.1) is 0 Å². The van der Waals surface area contributed by atoms with Crippen molar-refractivity contribution < 1.29 is 23.8 Å². The second-order valence-corrected chi connectivity index (χ2v) is 9.83. The van der Waals surface area contributed by atoms with Crippen LogP contribution in [0.15, 0.2) is 54.6 Å². The molecule has 0 aliphatic carbocycles. The van der Waals surface area contributed by atoms with Crippen molar-refractivity contribution in [2.24, 2.45) is 11.7 Å². The summed E-state index contributed by atoms with van der Waals surface area (Å²) in [6.07, 6.45) is -0.305. The molecule has 10 heteroatoms. The molecule has 2 amide bonds. The van der Waals surface area contributed by atoms with Crippen LogP contribution in [-0.2, 0) is 4.74 Å². The summed E-state index contributed by atoms with van der Waals surface area (Å²) in [5, 5.41) is 5.45. The molecule has 2 atom stereocenters. The van der Waals surface area contributed by atoms with Crippen LogP contribution in [0.25, 0.3) is 10.8 Å². The van der Waals surface area contributed by atoms with E-state index >= 15 is 0 Å². The summed E-state index contributed by atoms with van der Waals surface area (Å²) in [5.74, 6) is 1.04. The number of methoxy groups -OCH3 is 1. The Hall–Kier alpha value is -3.69. The lowest BCUT2D eigenvalue weighted by atomic mass is 9.96. The summed E-state index contributed by atoms with van der Waals surface area (Å²) in [5.41, 5.74) is 11.8. The lowest BCUT2D eigenvalue weighted by molar-refractivity contribution is -0.0728. The van der Waals surface area contributed by atoms with Gasteiger partial charge in [0.05, 0.1) is 23.4 Å². The number of hydrogen-bond donors (Lipinski definition) is 3. The van der Waals surface area contributed by atoms with Gasteiger partial charge in [-0.3, -0.25) is 9.69 Å². The summed E-state index contributed by atoms with van der Waals surface area (Å²) in [6.45, 7) is 3.67. The molecule has 0 radical (unpaired) electrons. The van der Waals surface area contributed by atoms with Crippen LogP contribution in [0.1, 0.15) is 30.1 Å². The number of likely N-dealkylation sites (tertiary alicyclic amines) is 1. The van der Waals surface area contributed by atoms with Crippen LogP contribution in [-0.4, -0.2) is 56.0 Å². The fourth-order valence-corrected chi connectivity index (χ4v) is 4.91. The lowest BCUT2D eigenvalue weighted by Gasteiger charge is -2.39. The standard InChI is InChI=1S/C28H33ClN4O5/c1-17(37-28(31)35)27(38-21-8-7-19-5-3-4-6-20(19)13-21)33-11-9-18(10-12-33)16-32-26(34)22-14-23(29)24(30)15-25(22)36-2/h3-8,13-15,17-18,27H,9-12,16,30H2,1-2H3,(H2,31,35)(H,32,34). The SMILES string of the molecule is COc1cc(N)c(Cl)cc1C(=O)NCC1CCN(C(Oc2ccc3ccccc3c2)C(C)OC(N)=O)CC1. The maximum atomic E-state index is 12.8. The first-order valence-corrected chi connectivity index (χ1v) is 12.9. The van der Waals surface area contributed by atoms with Crippen LogP contribution in [0.4, 0.5) is 10.5 Å². The number of hydrogen-bond acceptors (Lipinski definition) is 7. The third kappa shape index (κ3) is 6.59. The van der Waals surface area contributed by atoms with E-state index in [0.29, 0.717) is 47.4 Å². The zero-order valence-corrected chi connectivity index (χ0v) is 22.2. The number of nitrogens with one attached hydrogen (secondary N) is 1. The molecule has 202 valence electrons. The van der Waals surface area contributed by atoms with Gasteiger partial charge in [-0.1, -0.05) is 41.9 Å². The summed E-state index contributed by atoms with van der Waals surface area (Å²) in [4.78, 5) is 26.4. The highest BCUT2D eigenvalue weighted by Crippen LogP contribution is 2.29. The Morgan fingerprint density at radius 2 is 1.82 bits per heavy atom. The van der Waals surface area contributed by atoms with E-state index < -0.39 is 18.4 Å². The van der Waals surface area contributed by atoms with E-state index in [1.807, 2.05) is 42.5 Å². The van der Waals surface area contributed by atoms with Gasteiger partial charge in [-0.25, -0.2) is 4.79 Å². The van der Waals surface area contributed by atoms with Crippen LogP contribution in [0.2, 0.25) is 5.02 Å². The number of rotatable bonds is 9. The number of piperidine rings is 1. The summed E-state index contributed by atoms with van der Waals surface area (Å²) in [7, 11) is 1.48. The van der Waals surface area contributed by atoms with Crippen LogP contribution in [0, 0.1) is 5.92 Å². The minimum absolute atomic E-state index is 0.263. The molecule has 0 bridgehead atoms. The van der Waals surface area contributed by atoms with Crippen LogP contribution in [0.3, 0.4) is 0 Å². The average Bonchev–Trinajstić information content (AvgIpc) is 2.91. The molecular formula is C28H33ClN4O5. The molecule has 4 rings (SSSR count). The third-order valence-corrected chi connectivity index (χ3v) is 7.13. The molecule has 38 heavy (non-hydrogen) atoms. The minimum Gasteiger partial charge on any atom is -0.496 e. The quantitative estimate of drug-likeness (QED) is 0.343. The van der Waals surface area contributed by atoms with Gasteiger partial charge in [-0.05, 0) is 54.7 Å². The molecule has 0 aromatic heterocycles. The van der Waals surface area contributed by atoms with E-state index in [2.05, 4.69) is 10.2 Å². The Labute approximate surface area is 227 Å². The molecule has 1 saturated heterocycles. The van der Waals surface area contributed by atoms with Crippen molar-refractivity contribution >= 4 is 40.1 Å². The smallest absolute Gasteiger partial charge is 0.404 e. The number of nitrogens with zero attached hydrogens (tertiary/aromatic N) is 1. The number of primary amides is 1. The Morgan fingerprint density at radius 3 is 2.50 bits per heavy atom. The van der Waals surface area contributed by atoms with Gasteiger partial charge >= 0.3 is 6.09 Å². The highest BCUT2D eigenvalue weighted by Gasteiger charge is 2.32. The second-order valence-electron chi connectivity index (χ2n) is 9.42. The summed E-state index contributed by atoms with van der Waals surface area (Å²) >= 11 is 6.11. The first kappa shape index (κ1) is 27.3. The van der Waals surface area contributed by atoms with E-state index in [-0.39, 0.29) is 11.8 Å². The largest absolute Gasteiger partial charge is 0.496 e. The Balaban J connectivity index is 1.38. The van der Waals surface area contributed by atoms with E-state index in [1.54, 1.807) is 13.0 Å². The predicted octanol–water partition coefficient (Wildman–Crippen LogP) is 4.41. The van der Waals surface area contributed by atoms with Crippen LogP contribution < -0.4 is 26.3 Å². The van der Waals surface area contributed by atoms with Crippen LogP contribution >= 0.6 is 11.6 Å². The number of halogens is 1. The highest BCUT2D eigenvalue weighted by molar-refractivity contribution is 6.33. The molecule has 1 aliphatic heterocycles. The first-order valence-electron chi connectivity index (χ1n) is 12.5. The highest BCUT2D eigenvalue weighted by atomic mass is 35.5. The van der Waals surface area contributed by atoms with E-state index in [1.165, 1.54) is 13.2 Å². The number of fused-ring (bicyclic) bond motifs is 1. The fraction of sp³-hybridized carbons (Fsp3) is 0.357. The van der Waals surface area contributed by atoms with E-state index in [0.717, 1.165) is 23.6 Å². The first-order chi connectivity index (χ1) is 18.2. The van der Waals surface area contributed by atoms with Crippen molar-refractivity contribution in [2.45, 2.75) is 32.1 Å². The van der Waals surface area contributed by atoms with Crippen molar-refractivity contribution in [3.8, 4) is 11.5 Å². The fourth-order valence-electron chi connectivity index (χ4n) is 4.75. The van der Waals surface area contributed by atoms with Crippen molar-refractivity contribution in [1.82, 2.24) is 10.2 Å². The lowest BCUT2D eigenvalue weighted by Crippen LogP contribution is -2.52. The predicted molar refractivity (Wildman–Crippen MR) is 148 cm³/mol. The molecule has 1 fully saturated rings. The van der Waals surface area contributed by atoms with E-state index in [4.69, 9.17) is 37.3 Å². The topological polar surface area (TPSA) is 129 Å². The second kappa shape index (κ2) is 12.2. The number of ether oxygens (including phenoxy) is 3. The van der Waals surface area contributed by atoms with Gasteiger partial charge in [0.1, 0.15) is 11.5 Å². The number of nitrogens with two attached hydrogens (primary N) is 2. The molecular weight excluding hydrogens is 508 g/mol. The van der Waals surface area contributed by atoms with E-state index in [9.17, 15) is 9.59 Å². The van der Waals surface area contributed by atoms with Crippen molar-refractivity contribution in [3.05, 3.63) is 65.2 Å². The summed E-state index contributed by atoms with van der Waals surface area (Å²) in [6, 6.07) is 17.0. The molecule has 0 spiro atoms. The average molecular weight is 541 g/mol. The number of nitrogen functional groups attached to an aromatic ring is 1. The molecule has 5 N–H and O–H groups in total. The normalized spacial score (nSPS) is 16.0. The van der Waals surface area contributed by atoms with Crippen molar-refractivity contribution in [3.63, 3.8) is 0 Å². The molecule has 1 aliphatic rings. The monoisotopic (exact) mass is 540 g/mol. The zero-order chi connectivity index (χ0) is 27.2. The molecule has 3 aromatic rings. The zero-order valence-electron chi connectivity index (χ0n) is 21.5. The number of benzene rings is 3. The van der Waals surface area contributed by atoms with Gasteiger partial charge in [0.15, 0.2) is 12.3 Å². The minimum atomic E-state index is -0.847. The third-order valence-electron chi connectivity index (χ3n) is 6.81. The Bertz CT molecular complexity index is 1300. The number of carbonyl (C=O) groups excluding carboxylic acids is 2. The van der Waals surface area contributed by atoms with Gasteiger partial charge < -0.3 is 31.0 Å². The van der Waals surface area contributed by atoms with Crippen molar-refractivity contribution in [2.75, 3.05) is 32.5 Å². The maximum absolute atomic E-state index is 12.8. The van der Waals surface area contributed by atoms with Gasteiger partial charge in [-0.2, -0.15) is 0 Å². The number of carbonyl (C=O) groups is 2. The van der Waals surface area contributed by atoms with Gasteiger partial charge in [0.2, 0.25) is 0 Å².